The number of amides is 2. The molecule has 1 aromatic carbocycles. The topological polar surface area (TPSA) is 71.3 Å². The van der Waals surface area contributed by atoms with E-state index in [0.717, 1.165) is 0 Å². The summed E-state index contributed by atoms with van der Waals surface area (Å²) >= 11 is 0. The lowest BCUT2D eigenvalue weighted by Crippen LogP contribution is -2.44. The molecule has 0 aliphatic rings. The molecule has 0 spiro atoms. The third-order valence-corrected chi connectivity index (χ3v) is 3.18. The molecule has 1 heterocycles. The first-order chi connectivity index (χ1) is 10.5. The second-order valence-electron chi connectivity index (χ2n) is 4.96. The molecule has 2 N–H and O–H groups in total. The van der Waals surface area contributed by atoms with Crippen molar-refractivity contribution in [2.75, 3.05) is 0 Å². The molecule has 5 nitrogen and oxygen atoms in total. The highest BCUT2D eigenvalue weighted by molar-refractivity contribution is 5.97. The Bertz CT molecular complexity index is 668. The van der Waals surface area contributed by atoms with E-state index in [9.17, 15) is 14.0 Å². The van der Waals surface area contributed by atoms with Crippen molar-refractivity contribution in [2.24, 2.45) is 0 Å². The van der Waals surface area contributed by atoms with E-state index in [1.54, 1.807) is 26.0 Å². The second-order valence-corrected chi connectivity index (χ2v) is 4.96. The third-order valence-electron chi connectivity index (χ3n) is 3.18. The van der Waals surface area contributed by atoms with Gasteiger partial charge in [-0.2, -0.15) is 0 Å². The molecule has 0 aliphatic heterocycles. The summed E-state index contributed by atoms with van der Waals surface area (Å²) in [5.41, 5.74) is 0.687. The van der Waals surface area contributed by atoms with Crippen molar-refractivity contribution in [3.8, 4) is 0 Å². The van der Waals surface area contributed by atoms with Crippen LogP contribution in [0.15, 0.2) is 41.0 Å². The van der Waals surface area contributed by atoms with Crippen LogP contribution in [0.25, 0.3) is 0 Å². The molecule has 0 radical (unpaired) electrons. The number of carbonyl (C=O) groups is 2. The summed E-state index contributed by atoms with van der Waals surface area (Å²) in [6.45, 7) is 3.40. The van der Waals surface area contributed by atoms with Gasteiger partial charge in [0, 0.05) is 5.56 Å². The Morgan fingerprint density at radius 1 is 1.32 bits per heavy atom. The minimum Gasteiger partial charge on any atom is -0.467 e. The SMILES string of the molecule is Cc1cc(C(=O)NC(C)C(=O)NCc2ccco2)ccc1F. The molecule has 0 aliphatic carbocycles. The van der Waals surface area contributed by atoms with Crippen molar-refractivity contribution in [3.63, 3.8) is 0 Å². The van der Waals surface area contributed by atoms with E-state index < -0.39 is 11.9 Å². The number of hydrogen-bond donors (Lipinski definition) is 2. The maximum Gasteiger partial charge on any atom is 0.251 e. The molecule has 0 saturated carbocycles. The van der Waals surface area contributed by atoms with E-state index in [1.807, 2.05) is 0 Å². The van der Waals surface area contributed by atoms with Gasteiger partial charge >= 0.3 is 0 Å². The first kappa shape index (κ1) is 15.8. The molecule has 2 amide bonds. The van der Waals surface area contributed by atoms with Gasteiger partial charge in [0.15, 0.2) is 0 Å². The van der Waals surface area contributed by atoms with Crippen molar-refractivity contribution in [3.05, 3.63) is 59.3 Å². The van der Waals surface area contributed by atoms with Crippen LogP contribution in [0.1, 0.15) is 28.6 Å². The van der Waals surface area contributed by atoms with Crippen LogP contribution in [0, 0.1) is 12.7 Å². The second kappa shape index (κ2) is 6.89. The fourth-order valence-corrected chi connectivity index (χ4v) is 1.87. The van der Waals surface area contributed by atoms with Crippen molar-refractivity contribution in [1.82, 2.24) is 10.6 Å². The lowest BCUT2D eigenvalue weighted by atomic mass is 10.1. The number of benzene rings is 1. The van der Waals surface area contributed by atoms with Gasteiger partial charge in [-0.25, -0.2) is 4.39 Å². The van der Waals surface area contributed by atoms with Crippen LogP contribution in [0.4, 0.5) is 4.39 Å². The number of halogens is 1. The van der Waals surface area contributed by atoms with Gasteiger partial charge in [-0.05, 0) is 49.7 Å². The number of rotatable bonds is 5. The summed E-state index contributed by atoms with van der Waals surface area (Å²) in [6, 6.07) is 6.80. The Labute approximate surface area is 127 Å². The maximum absolute atomic E-state index is 13.2. The number of furan rings is 1. The smallest absolute Gasteiger partial charge is 0.251 e. The zero-order valence-corrected chi connectivity index (χ0v) is 12.4. The predicted molar refractivity (Wildman–Crippen MR) is 78.6 cm³/mol. The summed E-state index contributed by atoms with van der Waals surface area (Å²) in [5.74, 6) is -0.505. The van der Waals surface area contributed by atoms with Crippen LogP contribution in [0.2, 0.25) is 0 Å². The van der Waals surface area contributed by atoms with Gasteiger partial charge < -0.3 is 15.1 Å². The van der Waals surface area contributed by atoms with E-state index in [0.29, 0.717) is 16.9 Å². The van der Waals surface area contributed by atoms with Crippen molar-refractivity contribution >= 4 is 11.8 Å². The first-order valence-electron chi connectivity index (χ1n) is 6.84. The average molecular weight is 304 g/mol. The van der Waals surface area contributed by atoms with Crippen molar-refractivity contribution < 1.29 is 18.4 Å². The highest BCUT2D eigenvalue weighted by Crippen LogP contribution is 2.09. The van der Waals surface area contributed by atoms with Gasteiger partial charge in [0.05, 0.1) is 12.8 Å². The highest BCUT2D eigenvalue weighted by Gasteiger charge is 2.17. The Hall–Kier alpha value is -2.63. The number of nitrogens with one attached hydrogen (secondary N) is 2. The Morgan fingerprint density at radius 3 is 2.73 bits per heavy atom. The Morgan fingerprint density at radius 2 is 2.09 bits per heavy atom. The molecule has 1 aromatic heterocycles. The molecule has 116 valence electrons. The van der Waals surface area contributed by atoms with Crippen LogP contribution in [0.5, 0.6) is 0 Å². The molecular weight excluding hydrogens is 287 g/mol. The molecule has 0 fully saturated rings. The van der Waals surface area contributed by atoms with E-state index in [1.165, 1.54) is 24.5 Å². The normalized spacial score (nSPS) is 11.8. The van der Waals surface area contributed by atoms with Gasteiger partial charge in [0.2, 0.25) is 5.91 Å². The monoisotopic (exact) mass is 304 g/mol. The fourth-order valence-electron chi connectivity index (χ4n) is 1.87. The predicted octanol–water partition coefficient (Wildman–Crippen LogP) is 2.16. The standard InChI is InChI=1S/C16H17FN2O3/c1-10-8-12(5-6-14(10)17)16(21)19-11(2)15(20)18-9-13-4-3-7-22-13/h3-8,11H,9H2,1-2H3,(H,18,20)(H,19,21). The first-order valence-corrected chi connectivity index (χ1v) is 6.84. The van der Waals surface area contributed by atoms with Crippen molar-refractivity contribution in [1.29, 1.82) is 0 Å². The summed E-state index contributed by atoms with van der Waals surface area (Å²) in [5, 5.41) is 5.22. The quantitative estimate of drug-likeness (QED) is 0.889. The minimum atomic E-state index is -0.715. The van der Waals surface area contributed by atoms with Crippen LogP contribution < -0.4 is 10.6 Å². The Kier molecular flexibility index (Phi) is 4.93. The number of hydrogen-bond acceptors (Lipinski definition) is 3. The molecule has 22 heavy (non-hydrogen) atoms. The van der Waals surface area contributed by atoms with E-state index in [2.05, 4.69) is 10.6 Å². The lowest BCUT2D eigenvalue weighted by Gasteiger charge is -2.14. The van der Waals surface area contributed by atoms with Crippen LogP contribution in [-0.4, -0.2) is 17.9 Å². The van der Waals surface area contributed by atoms with E-state index in [-0.39, 0.29) is 18.3 Å². The zero-order valence-electron chi connectivity index (χ0n) is 12.4. The maximum atomic E-state index is 13.2. The molecule has 2 rings (SSSR count). The van der Waals surface area contributed by atoms with Gasteiger partial charge in [0.1, 0.15) is 17.6 Å². The number of carbonyl (C=O) groups excluding carboxylic acids is 2. The van der Waals surface area contributed by atoms with E-state index in [4.69, 9.17) is 4.42 Å². The molecule has 1 atom stereocenters. The molecule has 2 aromatic rings. The van der Waals surface area contributed by atoms with Gasteiger partial charge in [-0.15, -0.1) is 0 Å². The van der Waals surface area contributed by atoms with Gasteiger partial charge in [-0.3, -0.25) is 9.59 Å². The summed E-state index contributed by atoms with van der Waals surface area (Å²) < 4.78 is 18.3. The number of aryl methyl sites for hydroxylation is 1. The molecule has 0 bridgehead atoms. The molecular formula is C16H17FN2O3. The van der Waals surface area contributed by atoms with Crippen molar-refractivity contribution in [2.45, 2.75) is 26.4 Å². The van der Waals surface area contributed by atoms with E-state index >= 15 is 0 Å². The average Bonchev–Trinajstić information content (AvgIpc) is 3.00. The fraction of sp³-hybridized carbons (Fsp3) is 0.250. The summed E-state index contributed by atoms with van der Waals surface area (Å²) in [4.78, 5) is 23.9. The molecule has 6 heteroatoms. The summed E-state index contributed by atoms with van der Waals surface area (Å²) in [6.07, 6.45) is 1.52. The lowest BCUT2D eigenvalue weighted by molar-refractivity contribution is -0.122. The largest absolute Gasteiger partial charge is 0.467 e. The summed E-state index contributed by atoms with van der Waals surface area (Å²) in [7, 11) is 0. The van der Waals surface area contributed by atoms with Crippen LogP contribution in [0.3, 0.4) is 0 Å². The Balaban J connectivity index is 1.89. The van der Waals surface area contributed by atoms with Crippen LogP contribution >= 0.6 is 0 Å². The van der Waals surface area contributed by atoms with Gasteiger partial charge in [-0.1, -0.05) is 0 Å². The molecule has 1 unspecified atom stereocenters. The third kappa shape index (κ3) is 3.94. The molecule has 0 saturated heterocycles. The van der Waals surface area contributed by atoms with Gasteiger partial charge in [0.25, 0.3) is 5.91 Å². The van der Waals surface area contributed by atoms with Crippen LogP contribution in [-0.2, 0) is 11.3 Å². The highest BCUT2D eigenvalue weighted by atomic mass is 19.1. The minimum absolute atomic E-state index is 0.252. The zero-order chi connectivity index (χ0) is 16.1.